The number of halogens is 1. The maximum atomic E-state index is 11.1. The molecule has 13 heavy (non-hydrogen) atoms. The maximum Gasteiger partial charge on any atom is 0.343 e. The monoisotopic (exact) mass is 202 g/mol. The lowest BCUT2D eigenvalue weighted by Crippen LogP contribution is -2.14. The van der Waals surface area contributed by atoms with Crippen LogP contribution in [0.4, 0.5) is 5.82 Å². The van der Waals surface area contributed by atoms with Gasteiger partial charge in [0.1, 0.15) is 11.4 Å². The Labute approximate surface area is 78.5 Å². The van der Waals surface area contributed by atoms with Gasteiger partial charge < -0.3 is 15.5 Å². The molecular formula is C7H7ClN2O3. The van der Waals surface area contributed by atoms with Crippen LogP contribution in [0.15, 0.2) is 10.9 Å². The van der Waals surface area contributed by atoms with E-state index in [1.807, 2.05) is 0 Å². The number of aromatic nitrogens is 1. The average Bonchev–Trinajstić information content (AvgIpc) is 2.02. The van der Waals surface area contributed by atoms with E-state index < -0.39 is 11.5 Å². The van der Waals surface area contributed by atoms with Crippen LogP contribution >= 0.6 is 11.6 Å². The predicted molar refractivity (Wildman–Crippen MR) is 47.8 cm³/mol. The van der Waals surface area contributed by atoms with Gasteiger partial charge in [-0.2, -0.15) is 0 Å². The molecule has 5 nitrogen and oxygen atoms in total. The first-order valence-electron chi connectivity index (χ1n) is 3.33. The Morgan fingerprint density at radius 3 is 2.77 bits per heavy atom. The van der Waals surface area contributed by atoms with Crippen LogP contribution in [-0.2, 0) is 4.74 Å². The lowest BCUT2D eigenvalue weighted by molar-refractivity contribution is 0.0602. The van der Waals surface area contributed by atoms with Crippen molar-refractivity contribution in [2.45, 2.75) is 0 Å². The SMILES string of the molecule is COC(=O)c1c(Cl)cc(=O)[nH]c1N. The summed E-state index contributed by atoms with van der Waals surface area (Å²) in [6.07, 6.45) is 0. The largest absolute Gasteiger partial charge is 0.465 e. The smallest absolute Gasteiger partial charge is 0.343 e. The number of carbonyl (C=O) groups is 1. The number of methoxy groups -OCH3 is 1. The Morgan fingerprint density at radius 1 is 1.69 bits per heavy atom. The number of H-pyrrole nitrogens is 1. The van der Waals surface area contributed by atoms with Crippen LogP contribution in [0, 0.1) is 0 Å². The van der Waals surface area contributed by atoms with Gasteiger partial charge in [0.25, 0.3) is 5.56 Å². The summed E-state index contributed by atoms with van der Waals surface area (Å²) >= 11 is 5.61. The quantitative estimate of drug-likeness (QED) is 0.646. The molecule has 70 valence electrons. The summed E-state index contributed by atoms with van der Waals surface area (Å²) in [5.74, 6) is -0.775. The molecule has 3 N–H and O–H groups in total. The van der Waals surface area contributed by atoms with Crippen LogP contribution in [0.1, 0.15) is 10.4 Å². The van der Waals surface area contributed by atoms with Crippen molar-refractivity contribution in [3.05, 3.63) is 27.0 Å². The van der Waals surface area contributed by atoms with Gasteiger partial charge >= 0.3 is 5.97 Å². The topological polar surface area (TPSA) is 85.2 Å². The average molecular weight is 203 g/mol. The molecule has 0 bridgehead atoms. The van der Waals surface area contributed by atoms with E-state index in [-0.39, 0.29) is 16.4 Å². The number of ether oxygens (including phenoxy) is 1. The Morgan fingerprint density at radius 2 is 2.31 bits per heavy atom. The second-order valence-corrected chi connectivity index (χ2v) is 2.67. The highest BCUT2D eigenvalue weighted by atomic mass is 35.5. The van der Waals surface area contributed by atoms with E-state index in [9.17, 15) is 9.59 Å². The molecule has 1 heterocycles. The van der Waals surface area contributed by atoms with Crippen molar-refractivity contribution in [3.63, 3.8) is 0 Å². The standard InChI is InChI=1S/C7H7ClN2O3/c1-13-7(12)5-3(8)2-4(11)10-6(5)9/h2H,1H3,(H3,9,10,11). The number of hydrogen-bond acceptors (Lipinski definition) is 4. The zero-order valence-corrected chi connectivity index (χ0v) is 7.51. The Bertz CT molecular complexity index is 373. The van der Waals surface area contributed by atoms with Gasteiger partial charge in [0.05, 0.1) is 12.1 Å². The Balaban J connectivity index is 3.37. The molecule has 0 aliphatic heterocycles. The molecule has 1 rings (SSSR count). The summed E-state index contributed by atoms with van der Waals surface area (Å²) in [6, 6.07) is 1.06. The minimum absolute atomic E-state index is 0.0203. The van der Waals surface area contributed by atoms with Gasteiger partial charge in [-0.3, -0.25) is 4.79 Å². The highest BCUT2D eigenvalue weighted by Gasteiger charge is 2.15. The normalized spacial score (nSPS) is 9.69. The number of nitrogens with one attached hydrogen (secondary N) is 1. The molecular weight excluding hydrogens is 196 g/mol. The van der Waals surface area contributed by atoms with E-state index >= 15 is 0 Å². The number of rotatable bonds is 1. The van der Waals surface area contributed by atoms with Crippen LogP contribution in [0.2, 0.25) is 5.02 Å². The fraction of sp³-hybridized carbons (Fsp3) is 0.143. The molecule has 0 saturated heterocycles. The van der Waals surface area contributed by atoms with E-state index in [1.54, 1.807) is 0 Å². The first-order chi connectivity index (χ1) is 6.06. The van der Waals surface area contributed by atoms with Crippen molar-refractivity contribution in [1.29, 1.82) is 0 Å². The number of carbonyl (C=O) groups excluding carboxylic acids is 1. The lowest BCUT2D eigenvalue weighted by atomic mass is 10.2. The van der Waals surface area contributed by atoms with E-state index in [4.69, 9.17) is 17.3 Å². The number of nitrogen functional groups attached to an aromatic ring is 1. The van der Waals surface area contributed by atoms with Crippen molar-refractivity contribution >= 4 is 23.4 Å². The van der Waals surface area contributed by atoms with E-state index in [2.05, 4.69) is 9.72 Å². The third kappa shape index (κ3) is 1.81. The summed E-state index contributed by atoms with van der Waals surface area (Å²) < 4.78 is 4.41. The summed E-state index contributed by atoms with van der Waals surface area (Å²) in [7, 11) is 1.20. The third-order valence-corrected chi connectivity index (χ3v) is 1.71. The Kier molecular flexibility index (Phi) is 2.57. The first kappa shape index (κ1) is 9.60. The molecule has 0 spiro atoms. The van der Waals surface area contributed by atoms with E-state index in [0.29, 0.717) is 0 Å². The van der Waals surface area contributed by atoms with Gasteiger partial charge in [0.2, 0.25) is 0 Å². The number of aromatic amines is 1. The predicted octanol–water partition coefficient (Wildman–Crippen LogP) is 0.397. The Hall–Kier alpha value is -1.49. The molecule has 0 aromatic carbocycles. The zero-order chi connectivity index (χ0) is 10.0. The summed E-state index contributed by atoms with van der Waals surface area (Å²) in [4.78, 5) is 24.1. The van der Waals surface area contributed by atoms with Crippen LogP contribution < -0.4 is 11.3 Å². The van der Waals surface area contributed by atoms with Crippen molar-refractivity contribution < 1.29 is 9.53 Å². The second kappa shape index (κ2) is 3.49. The van der Waals surface area contributed by atoms with Crippen molar-refractivity contribution in [3.8, 4) is 0 Å². The first-order valence-corrected chi connectivity index (χ1v) is 3.70. The maximum absolute atomic E-state index is 11.1. The fourth-order valence-corrected chi connectivity index (χ4v) is 1.13. The summed E-state index contributed by atoms with van der Waals surface area (Å²) in [5, 5.41) is -0.0203. The molecule has 1 aromatic heterocycles. The molecule has 1 aromatic rings. The molecule has 0 aliphatic rings. The van der Waals surface area contributed by atoms with Crippen LogP contribution in [0.25, 0.3) is 0 Å². The van der Waals surface area contributed by atoms with Gasteiger partial charge in [0.15, 0.2) is 0 Å². The number of nitrogens with two attached hydrogens (primary N) is 1. The molecule has 0 atom stereocenters. The van der Waals surface area contributed by atoms with Crippen molar-refractivity contribution in [2.24, 2.45) is 0 Å². The van der Waals surface area contributed by atoms with Gasteiger partial charge in [-0.05, 0) is 0 Å². The molecule has 6 heteroatoms. The van der Waals surface area contributed by atoms with Crippen LogP contribution in [0.3, 0.4) is 0 Å². The summed E-state index contributed by atoms with van der Waals surface area (Å²) in [5.41, 5.74) is 4.87. The van der Waals surface area contributed by atoms with Gasteiger partial charge in [-0.25, -0.2) is 4.79 Å². The minimum Gasteiger partial charge on any atom is -0.465 e. The lowest BCUT2D eigenvalue weighted by Gasteiger charge is -2.03. The second-order valence-electron chi connectivity index (χ2n) is 2.26. The van der Waals surface area contributed by atoms with Crippen molar-refractivity contribution in [2.75, 3.05) is 12.8 Å². The van der Waals surface area contributed by atoms with Gasteiger partial charge in [0, 0.05) is 6.07 Å². The third-order valence-electron chi connectivity index (χ3n) is 1.41. The van der Waals surface area contributed by atoms with Crippen LogP contribution in [-0.4, -0.2) is 18.1 Å². The highest BCUT2D eigenvalue weighted by molar-refractivity contribution is 6.34. The van der Waals surface area contributed by atoms with Crippen molar-refractivity contribution in [1.82, 2.24) is 4.98 Å². The minimum atomic E-state index is -0.682. The fourth-order valence-electron chi connectivity index (χ4n) is 0.857. The molecule has 0 saturated carbocycles. The zero-order valence-electron chi connectivity index (χ0n) is 6.76. The number of pyridine rings is 1. The van der Waals surface area contributed by atoms with Crippen LogP contribution in [0.5, 0.6) is 0 Å². The van der Waals surface area contributed by atoms with Gasteiger partial charge in [-0.15, -0.1) is 0 Å². The molecule has 0 amide bonds. The summed E-state index contributed by atoms with van der Waals surface area (Å²) in [6.45, 7) is 0. The number of anilines is 1. The molecule has 0 aliphatic carbocycles. The highest BCUT2D eigenvalue weighted by Crippen LogP contribution is 2.18. The van der Waals surface area contributed by atoms with E-state index in [1.165, 1.54) is 7.11 Å². The number of esters is 1. The molecule has 0 fully saturated rings. The van der Waals surface area contributed by atoms with Gasteiger partial charge in [-0.1, -0.05) is 11.6 Å². The molecule has 0 unspecified atom stereocenters. The number of hydrogen-bond donors (Lipinski definition) is 2. The van der Waals surface area contributed by atoms with E-state index in [0.717, 1.165) is 6.07 Å². The molecule has 0 radical (unpaired) electrons.